The number of methoxy groups -OCH3 is 1. The molecule has 1 aliphatic rings. The Hall–Kier alpha value is -2.53. The van der Waals surface area contributed by atoms with Crippen molar-refractivity contribution in [2.45, 2.75) is 12.8 Å². The predicted molar refractivity (Wildman–Crippen MR) is 106 cm³/mol. The molecule has 3 rings (SSSR count). The number of aryl methyl sites for hydroxylation is 1. The maximum Gasteiger partial charge on any atom is 0.260 e. The molecule has 0 unspecified atom stereocenters. The summed E-state index contributed by atoms with van der Waals surface area (Å²) < 4.78 is 11.0. The van der Waals surface area contributed by atoms with Crippen LogP contribution >= 0.6 is 0 Å². The second-order valence-electron chi connectivity index (χ2n) is 6.74. The fourth-order valence-corrected chi connectivity index (χ4v) is 3.38. The fourth-order valence-electron chi connectivity index (χ4n) is 3.38. The zero-order valence-electron chi connectivity index (χ0n) is 16.0. The highest BCUT2D eigenvalue weighted by Gasteiger charge is 2.21. The Bertz CT molecular complexity index is 713. The van der Waals surface area contributed by atoms with Gasteiger partial charge >= 0.3 is 0 Å². The van der Waals surface area contributed by atoms with Crippen LogP contribution in [-0.4, -0.2) is 62.1 Å². The number of amides is 1. The van der Waals surface area contributed by atoms with Crippen LogP contribution in [0.3, 0.4) is 0 Å². The molecular formula is C22H28N2O3. The van der Waals surface area contributed by atoms with Crippen LogP contribution in [0, 0.1) is 0 Å². The Morgan fingerprint density at radius 2 is 1.67 bits per heavy atom. The molecule has 0 N–H and O–H groups in total. The summed E-state index contributed by atoms with van der Waals surface area (Å²) in [5, 5.41) is 0. The van der Waals surface area contributed by atoms with Gasteiger partial charge in [0.2, 0.25) is 0 Å². The number of carbonyl (C=O) groups excluding carboxylic acids is 1. The van der Waals surface area contributed by atoms with Crippen LogP contribution in [0.25, 0.3) is 0 Å². The molecule has 2 aromatic carbocycles. The van der Waals surface area contributed by atoms with Gasteiger partial charge in [-0.05, 0) is 43.1 Å². The average molecular weight is 368 g/mol. The molecule has 0 saturated carbocycles. The lowest BCUT2D eigenvalue weighted by molar-refractivity contribution is -0.135. The van der Waals surface area contributed by atoms with Gasteiger partial charge in [-0.15, -0.1) is 0 Å². The van der Waals surface area contributed by atoms with Crippen LogP contribution in [0.15, 0.2) is 54.6 Å². The third-order valence-corrected chi connectivity index (χ3v) is 4.94. The van der Waals surface area contributed by atoms with Crippen LogP contribution in [0.4, 0.5) is 0 Å². The van der Waals surface area contributed by atoms with E-state index in [1.165, 1.54) is 5.56 Å². The molecular weight excluding hydrogens is 340 g/mol. The van der Waals surface area contributed by atoms with Gasteiger partial charge in [-0.3, -0.25) is 9.69 Å². The molecule has 1 heterocycles. The average Bonchev–Trinajstić information content (AvgIpc) is 2.73. The van der Waals surface area contributed by atoms with E-state index in [2.05, 4.69) is 17.0 Å². The van der Waals surface area contributed by atoms with Crippen LogP contribution in [0.5, 0.6) is 11.5 Å². The summed E-state index contributed by atoms with van der Waals surface area (Å²) in [6, 6.07) is 17.7. The minimum atomic E-state index is 0.0625. The van der Waals surface area contributed by atoms with Gasteiger partial charge in [0.15, 0.2) is 6.61 Å². The Balaban J connectivity index is 1.35. The summed E-state index contributed by atoms with van der Waals surface area (Å²) in [4.78, 5) is 16.6. The summed E-state index contributed by atoms with van der Waals surface area (Å²) in [6.07, 6.45) is 2.10. The number of nitrogens with zero attached hydrogens (tertiary/aromatic N) is 2. The number of hydrogen-bond donors (Lipinski definition) is 0. The van der Waals surface area contributed by atoms with E-state index in [-0.39, 0.29) is 12.5 Å². The first kappa shape index (κ1) is 19.2. The summed E-state index contributed by atoms with van der Waals surface area (Å²) in [7, 11) is 1.72. The predicted octanol–water partition coefficient (Wildman–Crippen LogP) is 2.85. The quantitative estimate of drug-likeness (QED) is 0.719. The van der Waals surface area contributed by atoms with Crippen molar-refractivity contribution in [3.05, 3.63) is 60.2 Å². The lowest BCUT2D eigenvalue weighted by Crippen LogP contribution is -2.50. The van der Waals surface area contributed by atoms with E-state index < -0.39 is 0 Å². The number of hydrogen-bond acceptors (Lipinski definition) is 4. The highest BCUT2D eigenvalue weighted by Crippen LogP contribution is 2.19. The molecule has 5 heteroatoms. The maximum atomic E-state index is 12.3. The smallest absolute Gasteiger partial charge is 0.260 e. The van der Waals surface area contributed by atoms with E-state index in [4.69, 9.17) is 9.47 Å². The Morgan fingerprint density at radius 3 is 2.41 bits per heavy atom. The summed E-state index contributed by atoms with van der Waals surface area (Å²) in [5.74, 6) is 1.76. The zero-order chi connectivity index (χ0) is 18.9. The van der Waals surface area contributed by atoms with Gasteiger partial charge in [0.25, 0.3) is 5.91 Å². The largest absolute Gasteiger partial charge is 0.496 e. The van der Waals surface area contributed by atoms with Gasteiger partial charge in [0.1, 0.15) is 11.5 Å². The van der Waals surface area contributed by atoms with E-state index in [1.54, 1.807) is 7.11 Å². The van der Waals surface area contributed by atoms with E-state index in [9.17, 15) is 4.79 Å². The number of carbonyl (C=O) groups is 1. The van der Waals surface area contributed by atoms with Gasteiger partial charge in [0, 0.05) is 26.2 Å². The van der Waals surface area contributed by atoms with E-state index >= 15 is 0 Å². The van der Waals surface area contributed by atoms with Crippen LogP contribution in [0.2, 0.25) is 0 Å². The maximum absolute atomic E-state index is 12.3. The normalized spacial score (nSPS) is 14.8. The van der Waals surface area contributed by atoms with E-state index in [0.717, 1.165) is 57.1 Å². The highest BCUT2D eigenvalue weighted by molar-refractivity contribution is 5.77. The Morgan fingerprint density at radius 1 is 0.963 bits per heavy atom. The lowest BCUT2D eigenvalue weighted by atomic mass is 10.1. The molecule has 0 aromatic heterocycles. The number of rotatable bonds is 8. The molecule has 1 saturated heterocycles. The van der Waals surface area contributed by atoms with Crippen molar-refractivity contribution >= 4 is 5.91 Å². The van der Waals surface area contributed by atoms with Crippen molar-refractivity contribution in [2.75, 3.05) is 46.4 Å². The zero-order valence-corrected chi connectivity index (χ0v) is 16.0. The molecule has 5 nitrogen and oxygen atoms in total. The number of para-hydroxylation sites is 2. The van der Waals surface area contributed by atoms with Crippen LogP contribution in [0.1, 0.15) is 12.0 Å². The molecule has 1 fully saturated rings. The molecule has 0 bridgehead atoms. The second-order valence-corrected chi connectivity index (χ2v) is 6.74. The fraction of sp³-hybridized carbons (Fsp3) is 0.409. The third-order valence-electron chi connectivity index (χ3n) is 4.94. The van der Waals surface area contributed by atoms with Crippen LogP contribution < -0.4 is 9.47 Å². The van der Waals surface area contributed by atoms with E-state index in [0.29, 0.717) is 0 Å². The van der Waals surface area contributed by atoms with Crippen molar-refractivity contribution in [3.63, 3.8) is 0 Å². The topological polar surface area (TPSA) is 42.0 Å². The standard InChI is InChI=1S/C22H28N2O3/c1-26-21-12-6-5-8-19(21)9-7-13-23-14-16-24(17-15-23)22(25)18-27-20-10-3-2-4-11-20/h2-6,8,10-12H,7,9,13-18H2,1H3. The summed E-state index contributed by atoms with van der Waals surface area (Å²) in [5.41, 5.74) is 1.26. The van der Waals surface area contributed by atoms with Crippen molar-refractivity contribution in [1.82, 2.24) is 9.80 Å². The van der Waals surface area contributed by atoms with Crippen molar-refractivity contribution in [1.29, 1.82) is 0 Å². The van der Waals surface area contributed by atoms with Gasteiger partial charge in [-0.25, -0.2) is 0 Å². The molecule has 0 spiro atoms. The Labute approximate surface area is 161 Å². The SMILES string of the molecule is COc1ccccc1CCCN1CCN(C(=O)COc2ccccc2)CC1. The first-order valence-corrected chi connectivity index (χ1v) is 9.56. The minimum Gasteiger partial charge on any atom is -0.496 e. The highest BCUT2D eigenvalue weighted by atomic mass is 16.5. The number of ether oxygens (including phenoxy) is 2. The Kier molecular flexibility index (Phi) is 7.11. The molecule has 0 radical (unpaired) electrons. The first-order valence-electron chi connectivity index (χ1n) is 9.56. The number of piperazine rings is 1. The summed E-state index contributed by atoms with van der Waals surface area (Å²) >= 11 is 0. The minimum absolute atomic E-state index is 0.0625. The molecule has 0 atom stereocenters. The van der Waals surface area contributed by atoms with Gasteiger partial charge in [-0.2, -0.15) is 0 Å². The third kappa shape index (κ3) is 5.73. The molecule has 144 valence electrons. The molecule has 27 heavy (non-hydrogen) atoms. The van der Waals surface area contributed by atoms with Crippen molar-refractivity contribution < 1.29 is 14.3 Å². The molecule has 1 amide bonds. The van der Waals surface area contributed by atoms with E-state index in [1.807, 2.05) is 47.4 Å². The molecule has 1 aliphatic heterocycles. The first-order chi connectivity index (χ1) is 13.3. The van der Waals surface area contributed by atoms with Crippen LogP contribution in [-0.2, 0) is 11.2 Å². The van der Waals surface area contributed by atoms with Crippen molar-refractivity contribution in [3.8, 4) is 11.5 Å². The van der Waals surface area contributed by atoms with Gasteiger partial charge in [0.05, 0.1) is 7.11 Å². The molecule has 2 aromatic rings. The van der Waals surface area contributed by atoms with Crippen molar-refractivity contribution in [2.24, 2.45) is 0 Å². The summed E-state index contributed by atoms with van der Waals surface area (Å²) in [6.45, 7) is 4.53. The monoisotopic (exact) mass is 368 g/mol. The second kappa shape index (κ2) is 9.97. The lowest BCUT2D eigenvalue weighted by Gasteiger charge is -2.34. The van der Waals surface area contributed by atoms with Gasteiger partial charge < -0.3 is 14.4 Å². The van der Waals surface area contributed by atoms with Gasteiger partial charge in [-0.1, -0.05) is 36.4 Å². The molecule has 0 aliphatic carbocycles. The number of benzene rings is 2.